The number of cyclic esters (lactones) is 1. The van der Waals surface area contributed by atoms with E-state index >= 15 is 0 Å². The number of Topliss-reactive ketones (excluding diaryl/α,β-unsaturated/α-hetero) is 1. The SMILES string of the molecule is C.C=CC1(C)CC[C@H]2C(C)(C)[C@@H]3C=C(C#COC)[C@]2(OC3=O)[C@H]1C(=O)O[Si](C)(C)C(C)(C)C.C=CC1(C)CC[C@H]2C(C)(C)[C@@H]3C=C(I)[C@]2(OC3=O)[C@H]1C(C)=O.C=CC1(C)CC[C@H]2C(C)(C)[C@@H]3C=C4C=C(C)OC(=O)[C@@H]1[C@@]42OC3=O.CC(C)(C)C.CC1CC2CC(CC(C)(C)C)C(C)C3C(C)C4(C)CCC35C(C(C)C(C)C(C(C)(C)C)(C1C)C25)C4C(C)(C)C. The molecule has 0 aromatic rings. The third-order valence-corrected chi connectivity index (χ3v) is 43.5. The fraction of sp³-hybridized carbons (Fsp3) is 0.798. The topological polar surface area (TPSA) is 158 Å². The van der Waals surface area contributed by atoms with Crippen molar-refractivity contribution in [1.29, 1.82) is 0 Å². The molecule has 7 heterocycles. The summed E-state index contributed by atoms with van der Waals surface area (Å²) in [6.45, 7) is 96.3. The van der Waals surface area contributed by atoms with Gasteiger partial charge in [-0.1, -0.05) is 265 Å². The number of hydrogen-bond acceptors (Lipinski definition) is 12. The standard InChI is InChI=1S/C39H70.C26H38O5Si.C20H24O4.C18H23IO3.C5H12.CH4/c1-22-19-28-20-29(21-34(7,8)9)24(3)30-27(6)37(16)17-18-38(30)31(33(37)35(10,11)12)23(2)26(5)39(25(22)4,32(28)38)36(13,14)15;1-11-25(7)14-12-19-24(5,6)18-16-17(13-15-29-8)26(19,30-21(18)27)20(25)22(28)31-32(9,10)23(2,3)4;1-6-19(5)8-7-14-18(3,4)13-10-12-9-11(2)23-17(22)15(19)20(12,14)24-16(13)21;1-6-17(5)8-7-12-16(3,4)11-9-13(19)18(12,22-15(11)21)14(17)10(2)20;1-5(2,3)4;/h22-33H,17-21H2,1-16H3;11,16,18-20H,1,12,14H2,2-10H3;6,9-10,13-15H,1,7-8H2,2-5H3;6,9,11-12,14H,1,7-8H2,2-5H3;1-4H3;1H4/t;18-,19+,20+,25?,26-;13-,14+,15+,19?,20-;11-,12+,14+,17?,18+;;/m.111../s1. The van der Waals surface area contributed by atoms with Crippen molar-refractivity contribution >= 4 is 66.5 Å². The molecule has 123 heavy (non-hydrogen) atoms. The number of ketones is 1. The number of hydrogen-bond donors (Lipinski definition) is 0. The third kappa shape index (κ3) is 15.1. The lowest BCUT2D eigenvalue weighted by Crippen LogP contribution is -2.77. The van der Waals surface area contributed by atoms with Gasteiger partial charge in [0.25, 0.3) is 8.32 Å². The first kappa shape index (κ1) is 101. The average molecular weight is 1830 g/mol. The van der Waals surface area contributed by atoms with E-state index in [-0.39, 0.29) is 105 Å². The molecule has 0 aromatic heterocycles. The fourth-order valence-electron chi connectivity index (χ4n) is 31.9. The summed E-state index contributed by atoms with van der Waals surface area (Å²) in [7, 11) is -0.924. The van der Waals surface area contributed by atoms with Crippen LogP contribution in [-0.2, 0) is 56.9 Å². The molecule has 9 saturated carbocycles. The van der Waals surface area contributed by atoms with Gasteiger partial charge < -0.3 is 28.1 Å². The van der Waals surface area contributed by atoms with Crippen molar-refractivity contribution in [3.63, 3.8) is 0 Å². The molecule has 0 aromatic carbocycles. The summed E-state index contributed by atoms with van der Waals surface area (Å²) in [6, 6.07) is 0. The summed E-state index contributed by atoms with van der Waals surface area (Å²) in [5.41, 5.74) is -0.549. The molecule has 30 atom stereocenters. The number of methoxy groups -OCH3 is 1. The van der Waals surface area contributed by atoms with Gasteiger partial charge in [0.2, 0.25) is 0 Å². The Bertz CT molecular complexity index is 4370. The van der Waals surface area contributed by atoms with Gasteiger partial charge in [-0.25, -0.2) is 0 Å². The summed E-state index contributed by atoms with van der Waals surface area (Å²) in [4.78, 5) is 78.1. The minimum Gasteiger partial charge on any atom is -0.519 e. The molecule has 8 bridgehead atoms. The lowest BCUT2D eigenvalue weighted by molar-refractivity contribution is -0.348. The minimum absolute atomic E-state index is 0. The van der Waals surface area contributed by atoms with E-state index < -0.39 is 53.7 Å². The van der Waals surface area contributed by atoms with E-state index in [0.717, 1.165) is 119 Å². The molecule has 0 radical (unpaired) electrons. The van der Waals surface area contributed by atoms with Crippen LogP contribution >= 0.6 is 22.6 Å². The van der Waals surface area contributed by atoms with Gasteiger partial charge in [-0.15, -0.1) is 19.7 Å². The Morgan fingerprint density at radius 2 is 1.06 bits per heavy atom. The van der Waals surface area contributed by atoms with Crippen molar-refractivity contribution in [2.24, 2.45) is 195 Å². The number of halogens is 1. The van der Waals surface area contributed by atoms with Gasteiger partial charge in [-0.2, -0.15) is 0 Å². The Morgan fingerprint density at radius 1 is 0.593 bits per heavy atom. The average Bonchev–Trinajstić information content (AvgIpc) is 1.55. The Kier molecular flexibility index (Phi) is 26.4. The first-order chi connectivity index (χ1) is 55.4. The van der Waals surface area contributed by atoms with Crippen LogP contribution in [0.2, 0.25) is 18.1 Å². The number of carbonyl (C=O) groups is 6. The van der Waals surface area contributed by atoms with Gasteiger partial charge in [0.1, 0.15) is 29.5 Å². The molecule has 690 valence electrons. The van der Waals surface area contributed by atoms with E-state index in [9.17, 15) is 28.8 Å². The van der Waals surface area contributed by atoms with Crippen LogP contribution in [0, 0.1) is 207 Å². The maximum atomic E-state index is 14.1. The van der Waals surface area contributed by atoms with Crippen molar-refractivity contribution in [2.45, 2.75) is 348 Å². The second kappa shape index (κ2) is 32.2. The van der Waals surface area contributed by atoms with Gasteiger partial charge in [0.05, 0.1) is 30.8 Å². The molecule has 19 rings (SSSR count). The number of allylic oxidation sites excluding steroid dienone is 4. The molecular formula is C109H171IO12Si. The number of fused-ring (bicyclic) bond motifs is 4. The van der Waals surface area contributed by atoms with Crippen molar-refractivity contribution in [3.05, 3.63) is 82.8 Å². The molecule has 0 N–H and O–H groups in total. The zero-order chi connectivity index (χ0) is 92.3. The highest BCUT2D eigenvalue weighted by molar-refractivity contribution is 14.1. The van der Waals surface area contributed by atoms with Crippen LogP contribution in [0.15, 0.2) is 82.8 Å². The van der Waals surface area contributed by atoms with E-state index in [2.05, 4.69) is 275 Å². The van der Waals surface area contributed by atoms with Crippen LogP contribution in [0.25, 0.3) is 0 Å². The highest BCUT2D eigenvalue weighted by Crippen LogP contribution is 2.86. The van der Waals surface area contributed by atoms with Gasteiger partial charge in [-0.05, 0) is 273 Å². The summed E-state index contributed by atoms with van der Waals surface area (Å²) in [5, 5.41) is -0.145. The molecule has 19 aliphatic rings. The smallest absolute Gasteiger partial charge is 0.319 e. The van der Waals surface area contributed by atoms with Crippen LogP contribution in [0.1, 0.15) is 313 Å². The molecular weight excluding hydrogens is 1660 g/mol. The van der Waals surface area contributed by atoms with Gasteiger partial charge in [0.15, 0.2) is 16.8 Å². The largest absolute Gasteiger partial charge is 0.519 e. The summed E-state index contributed by atoms with van der Waals surface area (Å²) in [6.07, 6.45) is 28.6. The lowest BCUT2D eigenvalue weighted by Gasteiger charge is -2.82. The summed E-state index contributed by atoms with van der Waals surface area (Å²) >= 11 is 2.28. The van der Waals surface area contributed by atoms with Crippen LogP contribution in [0.4, 0.5) is 0 Å². The molecule has 18 unspecified atom stereocenters. The molecule has 12 aliphatic carbocycles. The normalized spacial score (nSPS) is 44.4. The van der Waals surface area contributed by atoms with Crippen LogP contribution in [0.3, 0.4) is 0 Å². The van der Waals surface area contributed by atoms with E-state index in [4.69, 9.17) is 28.1 Å². The van der Waals surface area contributed by atoms with Crippen molar-refractivity contribution in [3.8, 4) is 12.0 Å². The maximum absolute atomic E-state index is 14.1. The first-order valence-corrected chi connectivity index (χ1v) is 51.5. The number of carbonyl (C=O) groups excluding carboxylic acids is 6. The monoisotopic (exact) mass is 1830 g/mol. The second-order valence-corrected chi connectivity index (χ2v) is 57.7. The maximum Gasteiger partial charge on any atom is 0.319 e. The number of esters is 4. The molecule has 4 spiro atoms. The Hall–Kier alpha value is -4.49. The van der Waals surface area contributed by atoms with Gasteiger partial charge >= 0.3 is 29.8 Å². The second-order valence-electron chi connectivity index (χ2n) is 51.9. The van der Waals surface area contributed by atoms with E-state index in [1.54, 1.807) is 13.8 Å². The predicted octanol–water partition coefficient (Wildman–Crippen LogP) is 27.2. The molecule has 12 fully saturated rings. The first-order valence-electron chi connectivity index (χ1n) is 47.5. The molecule has 0 amide bonds. The molecule has 14 heteroatoms. The zero-order valence-electron chi connectivity index (χ0n) is 83.3. The Morgan fingerprint density at radius 3 is 1.53 bits per heavy atom. The van der Waals surface area contributed by atoms with E-state index in [0.29, 0.717) is 49.2 Å². The van der Waals surface area contributed by atoms with Crippen LogP contribution < -0.4 is 0 Å². The molecule has 12 nitrogen and oxygen atoms in total. The van der Waals surface area contributed by atoms with E-state index in [1.807, 2.05) is 56.4 Å². The highest BCUT2D eigenvalue weighted by atomic mass is 127. The number of ether oxygens (including phenoxy) is 5. The summed E-state index contributed by atoms with van der Waals surface area (Å²) < 4.78 is 36.3. The van der Waals surface area contributed by atoms with Crippen LogP contribution in [0.5, 0.6) is 0 Å². The van der Waals surface area contributed by atoms with Gasteiger partial charge in [-0.3, -0.25) is 28.8 Å². The summed E-state index contributed by atoms with van der Waals surface area (Å²) in [5.74, 6) is 10.2. The fourth-order valence-corrected chi connectivity index (χ4v) is 34.0. The van der Waals surface area contributed by atoms with Gasteiger partial charge in [0, 0.05) is 37.7 Å². The molecule has 7 aliphatic heterocycles. The predicted molar refractivity (Wildman–Crippen MR) is 511 cm³/mol. The third-order valence-electron chi connectivity index (χ3n) is 38.0. The zero-order valence-corrected chi connectivity index (χ0v) is 86.5. The number of rotatable bonds is 7. The van der Waals surface area contributed by atoms with Crippen molar-refractivity contribution < 1.29 is 56.9 Å². The lowest BCUT2D eigenvalue weighted by atomic mass is 9.22. The Labute approximate surface area is 763 Å². The minimum atomic E-state index is -2.42. The van der Waals surface area contributed by atoms with Crippen LogP contribution in [-0.4, -0.2) is 67.9 Å². The molecule has 3 saturated heterocycles. The Balaban J connectivity index is 0.000000172. The van der Waals surface area contributed by atoms with E-state index in [1.165, 1.54) is 39.2 Å². The quantitative estimate of drug-likeness (QED) is 0.0594. The van der Waals surface area contributed by atoms with Crippen molar-refractivity contribution in [2.75, 3.05) is 7.11 Å². The van der Waals surface area contributed by atoms with Crippen molar-refractivity contribution in [1.82, 2.24) is 0 Å². The highest BCUT2D eigenvalue weighted by Gasteiger charge is 2.82.